The molecule has 0 aliphatic carbocycles. The fourth-order valence-corrected chi connectivity index (χ4v) is 1.34. The predicted molar refractivity (Wildman–Crippen MR) is 59.9 cm³/mol. The first-order chi connectivity index (χ1) is 6.99. The molecule has 0 unspecified atom stereocenters. The Kier molecular flexibility index (Phi) is 5.43. The third kappa shape index (κ3) is 2.72. The molecule has 0 aliphatic rings. The van der Waals surface area contributed by atoms with Crippen LogP contribution in [0, 0.1) is 10.1 Å². The van der Waals surface area contributed by atoms with E-state index in [9.17, 15) is 19.6 Å². The largest absolute Gasteiger partial charge is 0.506 e. The Hall–Kier alpha value is -1.11. The number of hydrogen-bond donors (Lipinski definition) is 2. The minimum atomic E-state index is -1.26. The zero-order chi connectivity index (χ0) is 11.6. The highest BCUT2D eigenvalue weighted by atomic mass is 35.5. The average molecular weight is 271 g/mol. The molecule has 0 heterocycles. The van der Waals surface area contributed by atoms with E-state index in [2.05, 4.69) is 0 Å². The maximum atomic E-state index is 12.3. The van der Waals surface area contributed by atoms with Gasteiger partial charge in [0, 0.05) is 6.07 Å². The van der Waals surface area contributed by atoms with Crippen LogP contribution in [-0.4, -0.2) is 16.7 Å². The molecule has 0 radical (unpaired) electrons. The van der Waals surface area contributed by atoms with Gasteiger partial charge in [0.1, 0.15) is 12.4 Å². The van der Waals surface area contributed by atoms with Gasteiger partial charge < -0.3 is 10.8 Å². The van der Waals surface area contributed by atoms with Crippen LogP contribution < -0.4 is 5.73 Å². The van der Waals surface area contributed by atoms with Crippen LogP contribution in [0.5, 0.6) is 5.75 Å². The first kappa shape index (κ1) is 14.9. The Morgan fingerprint density at radius 3 is 2.62 bits per heavy atom. The molecule has 0 fully saturated rings. The van der Waals surface area contributed by atoms with Crippen molar-refractivity contribution in [2.45, 2.75) is 6.04 Å². The van der Waals surface area contributed by atoms with Crippen LogP contribution in [0.1, 0.15) is 11.6 Å². The Bertz CT molecular complexity index is 403. The standard InChI is InChI=1S/C8H8ClFN2O3.ClH/c9-4-1-2-6(12(14)15)7(8(4)13)5(11)3-10;/h1-2,5,13H,3,11H2;1H/t5-;/m1./s1. The second kappa shape index (κ2) is 5.83. The second-order valence-electron chi connectivity index (χ2n) is 2.85. The van der Waals surface area contributed by atoms with Crippen LogP contribution in [-0.2, 0) is 0 Å². The number of phenolic OH excluding ortho intramolecular Hbond substituents is 1. The van der Waals surface area contributed by atoms with Crippen molar-refractivity contribution in [2.75, 3.05) is 6.67 Å². The molecule has 0 saturated heterocycles. The summed E-state index contributed by atoms with van der Waals surface area (Å²) >= 11 is 5.54. The third-order valence-corrected chi connectivity index (χ3v) is 2.18. The highest BCUT2D eigenvalue weighted by Gasteiger charge is 2.25. The number of benzene rings is 1. The van der Waals surface area contributed by atoms with Crippen LogP contribution in [0.25, 0.3) is 0 Å². The lowest BCUT2D eigenvalue weighted by Gasteiger charge is -2.10. The molecule has 0 bridgehead atoms. The van der Waals surface area contributed by atoms with Gasteiger partial charge in [-0.15, -0.1) is 12.4 Å². The number of aromatic hydroxyl groups is 1. The Morgan fingerprint density at radius 1 is 1.62 bits per heavy atom. The van der Waals surface area contributed by atoms with Crippen molar-refractivity contribution < 1.29 is 14.4 Å². The number of nitrogens with two attached hydrogens (primary N) is 1. The number of nitro groups is 1. The number of halogens is 3. The Balaban J connectivity index is 0.00000225. The molecule has 0 spiro atoms. The van der Waals surface area contributed by atoms with Gasteiger partial charge in [0.2, 0.25) is 0 Å². The molecule has 3 N–H and O–H groups in total. The lowest BCUT2D eigenvalue weighted by atomic mass is 10.1. The van der Waals surface area contributed by atoms with E-state index in [1.807, 2.05) is 0 Å². The summed E-state index contributed by atoms with van der Waals surface area (Å²) in [5, 5.41) is 19.9. The first-order valence-corrected chi connectivity index (χ1v) is 4.34. The molecule has 0 aliphatic heterocycles. The fourth-order valence-electron chi connectivity index (χ4n) is 1.17. The Morgan fingerprint density at radius 2 is 2.19 bits per heavy atom. The highest BCUT2D eigenvalue weighted by Crippen LogP contribution is 2.37. The molecule has 1 aromatic rings. The van der Waals surface area contributed by atoms with E-state index in [0.717, 1.165) is 12.1 Å². The number of rotatable bonds is 3. The monoisotopic (exact) mass is 270 g/mol. The summed E-state index contributed by atoms with van der Waals surface area (Å²) in [7, 11) is 0. The number of alkyl halides is 1. The molecular formula is C8H9Cl2FN2O3. The second-order valence-corrected chi connectivity index (χ2v) is 3.25. The normalized spacial score (nSPS) is 11.7. The van der Waals surface area contributed by atoms with Crippen molar-refractivity contribution in [2.24, 2.45) is 5.73 Å². The first-order valence-electron chi connectivity index (χ1n) is 3.96. The van der Waals surface area contributed by atoms with Crippen LogP contribution in [0.2, 0.25) is 5.02 Å². The summed E-state index contributed by atoms with van der Waals surface area (Å²) < 4.78 is 12.3. The summed E-state index contributed by atoms with van der Waals surface area (Å²) in [6.07, 6.45) is 0. The van der Waals surface area contributed by atoms with E-state index in [4.69, 9.17) is 17.3 Å². The fraction of sp³-hybridized carbons (Fsp3) is 0.250. The van der Waals surface area contributed by atoms with Crippen LogP contribution >= 0.6 is 24.0 Å². The van der Waals surface area contributed by atoms with E-state index < -0.39 is 29.1 Å². The summed E-state index contributed by atoms with van der Waals surface area (Å²) in [6.45, 7) is -1.02. The summed E-state index contributed by atoms with van der Waals surface area (Å²) in [5.74, 6) is -0.545. The van der Waals surface area contributed by atoms with E-state index >= 15 is 0 Å². The molecule has 0 amide bonds. The maximum Gasteiger partial charge on any atom is 0.278 e. The predicted octanol–water partition coefficient (Wildman–Crippen LogP) is 2.34. The van der Waals surface area contributed by atoms with Gasteiger partial charge in [-0.3, -0.25) is 10.1 Å². The van der Waals surface area contributed by atoms with Gasteiger partial charge in [0.05, 0.1) is 21.6 Å². The van der Waals surface area contributed by atoms with Crippen LogP contribution in [0.15, 0.2) is 12.1 Å². The average Bonchev–Trinajstić information content (AvgIpc) is 2.20. The van der Waals surface area contributed by atoms with E-state index in [1.54, 1.807) is 0 Å². The van der Waals surface area contributed by atoms with Crippen molar-refractivity contribution in [3.8, 4) is 5.75 Å². The molecule has 5 nitrogen and oxygen atoms in total. The summed E-state index contributed by atoms with van der Waals surface area (Å²) in [5.41, 5.74) is 4.58. The summed E-state index contributed by atoms with van der Waals surface area (Å²) in [6, 6.07) is 0.972. The minimum Gasteiger partial charge on any atom is -0.506 e. The smallest absolute Gasteiger partial charge is 0.278 e. The molecule has 8 heteroatoms. The van der Waals surface area contributed by atoms with E-state index in [-0.39, 0.29) is 23.0 Å². The lowest BCUT2D eigenvalue weighted by Crippen LogP contribution is -2.14. The van der Waals surface area contributed by atoms with E-state index in [0.29, 0.717) is 0 Å². The zero-order valence-electron chi connectivity index (χ0n) is 7.89. The Labute approximate surface area is 102 Å². The zero-order valence-corrected chi connectivity index (χ0v) is 9.46. The topological polar surface area (TPSA) is 89.4 Å². The van der Waals surface area contributed by atoms with Gasteiger partial charge in [0.25, 0.3) is 5.69 Å². The van der Waals surface area contributed by atoms with Gasteiger partial charge in [-0.25, -0.2) is 4.39 Å². The molecule has 16 heavy (non-hydrogen) atoms. The van der Waals surface area contributed by atoms with Crippen molar-refractivity contribution in [1.82, 2.24) is 0 Å². The highest BCUT2D eigenvalue weighted by molar-refractivity contribution is 6.32. The number of nitrogens with zero attached hydrogens (tertiary/aromatic N) is 1. The lowest BCUT2D eigenvalue weighted by molar-refractivity contribution is -0.385. The quantitative estimate of drug-likeness (QED) is 0.652. The number of nitro benzene ring substituents is 1. The molecule has 1 rings (SSSR count). The number of hydrogen-bond acceptors (Lipinski definition) is 4. The maximum absolute atomic E-state index is 12.3. The number of phenols is 1. The minimum absolute atomic E-state index is 0. The molecular weight excluding hydrogens is 262 g/mol. The SMILES string of the molecule is Cl.N[C@H](CF)c1c([N+](=O)[O-])ccc(Cl)c1O. The van der Waals surface area contributed by atoms with Gasteiger partial charge in [-0.1, -0.05) is 11.6 Å². The van der Waals surface area contributed by atoms with Gasteiger partial charge in [-0.05, 0) is 6.07 Å². The molecule has 1 atom stereocenters. The van der Waals surface area contributed by atoms with Crippen LogP contribution in [0.3, 0.4) is 0 Å². The van der Waals surface area contributed by atoms with Gasteiger partial charge >= 0.3 is 0 Å². The van der Waals surface area contributed by atoms with E-state index in [1.165, 1.54) is 0 Å². The van der Waals surface area contributed by atoms with Crippen LogP contribution in [0.4, 0.5) is 10.1 Å². The van der Waals surface area contributed by atoms with Crippen molar-refractivity contribution >= 4 is 29.7 Å². The van der Waals surface area contributed by atoms with Crippen molar-refractivity contribution in [1.29, 1.82) is 0 Å². The third-order valence-electron chi connectivity index (χ3n) is 1.88. The molecule has 0 aromatic heterocycles. The summed E-state index contributed by atoms with van der Waals surface area (Å²) in [4.78, 5) is 9.83. The molecule has 90 valence electrons. The van der Waals surface area contributed by atoms with Gasteiger partial charge in [-0.2, -0.15) is 0 Å². The molecule has 1 aromatic carbocycles. The van der Waals surface area contributed by atoms with Crippen molar-refractivity contribution in [3.05, 3.63) is 32.8 Å². The van der Waals surface area contributed by atoms with Gasteiger partial charge in [0.15, 0.2) is 0 Å². The molecule has 0 saturated carbocycles. The van der Waals surface area contributed by atoms with Crippen molar-refractivity contribution in [3.63, 3.8) is 0 Å².